The van der Waals surface area contributed by atoms with Crippen molar-refractivity contribution in [2.75, 3.05) is 0 Å². The summed E-state index contributed by atoms with van der Waals surface area (Å²) < 4.78 is 0. The van der Waals surface area contributed by atoms with Crippen LogP contribution in [-0.2, 0) is 0 Å². The van der Waals surface area contributed by atoms with Crippen LogP contribution >= 0.6 is 11.3 Å². The van der Waals surface area contributed by atoms with Crippen molar-refractivity contribution in [2.24, 2.45) is 0 Å². The van der Waals surface area contributed by atoms with Crippen LogP contribution in [0.4, 0.5) is 0 Å². The molecule has 2 aromatic rings. The maximum Gasteiger partial charge on any atom is 0.0305 e. The van der Waals surface area contributed by atoms with Crippen LogP contribution in [0.5, 0.6) is 0 Å². The molecule has 0 saturated carbocycles. The van der Waals surface area contributed by atoms with Gasteiger partial charge in [0.05, 0.1) is 0 Å². The maximum absolute atomic E-state index is 3.69. The molecule has 0 amide bonds. The number of hydrogen-bond donors (Lipinski definition) is 1. The van der Waals surface area contributed by atoms with Crippen molar-refractivity contribution >= 4 is 11.3 Å². The lowest BCUT2D eigenvalue weighted by Crippen LogP contribution is -2.23. The van der Waals surface area contributed by atoms with Gasteiger partial charge in [0.1, 0.15) is 0 Å². The van der Waals surface area contributed by atoms with Crippen molar-refractivity contribution in [2.45, 2.75) is 46.7 Å². The van der Waals surface area contributed by atoms with E-state index in [-0.39, 0.29) is 0 Å². The first-order valence-corrected chi connectivity index (χ1v) is 7.79. The minimum absolute atomic E-state index is 0.370. The van der Waals surface area contributed by atoms with E-state index >= 15 is 0 Å². The lowest BCUT2D eigenvalue weighted by atomic mass is 9.96. The third kappa shape index (κ3) is 3.26. The molecule has 1 nitrogen and oxygen atoms in total. The van der Waals surface area contributed by atoms with Gasteiger partial charge < -0.3 is 5.32 Å². The molecule has 1 heterocycles. The zero-order valence-electron chi connectivity index (χ0n) is 12.4. The molecule has 1 N–H and O–H groups in total. The van der Waals surface area contributed by atoms with Crippen molar-refractivity contribution in [1.82, 2.24) is 5.32 Å². The summed E-state index contributed by atoms with van der Waals surface area (Å²) in [5, 5.41) is 8.05. The van der Waals surface area contributed by atoms with Gasteiger partial charge >= 0.3 is 0 Å². The smallest absolute Gasteiger partial charge is 0.0305 e. The predicted molar refractivity (Wildman–Crippen MR) is 84.9 cm³/mol. The molecule has 0 aliphatic rings. The fourth-order valence-electron chi connectivity index (χ4n) is 2.53. The lowest BCUT2D eigenvalue weighted by Gasteiger charge is -2.22. The summed E-state index contributed by atoms with van der Waals surface area (Å²) in [7, 11) is 0. The summed E-state index contributed by atoms with van der Waals surface area (Å²) >= 11 is 1.76. The SMILES string of the molecule is Cc1cc(C)c(C(C)NC(C)c2ccsc2)cc1C. The van der Waals surface area contributed by atoms with Gasteiger partial charge in [0.2, 0.25) is 0 Å². The van der Waals surface area contributed by atoms with Crippen molar-refractivity contribution < 1.29 is 0 Å². The van der Waals surface area contributed by atoms with E-state index in [9.17, 15) is 0 Å². The quantitative estimate of drug-likeness (QED) is 0.818. The lowest BCUT2D eigenvalue weighted by molar-refractivity contribution is 0.494. The first-order valence-electron chi connectivity index (χ1n) is 6.85. The van der Waals surface area contributed by atoms with E-state index in [2.05, 4.69) is 68.9 Å². The van der Waals surface area contributed by atoms with Crippen molar-refractivity contribution in [3.63, 3.8) is 0 Å². The molecule has 0 aliphatic heterocycles. The fraction of sp³-hybridized carbons (Fsp3) is 0.412. The number of benzene rings is 1. The largest absolute Gasteiger partial charge is 0.304 e. The number of nitrogens with one attached hydrogen (secondary N) is 1. The summed E-state index contributed by atoms with van der Waals surface area (Å²) in [6, 6.07) is 7.57. The van der Waals surface area contributed by atoms with E-state index in [0.717, 1.165) is 0 Å². The summed E-state index contributed by atoms with van der Waals surface area (Å²) in [5.41, 5.74) is 6.90. The van der Waals surface area contributed by atoms with E-state index in [1.54, 1.807) is 11.3 Å². The Labute approximate surface area is 120 Å². The number of hydrogen-bond acceptors (Lipinski definition) is 2. The van der Waals surface area contributed by atoms with Gasteiger partial charge in [0.25, 0.3) is 0 Å². The molecule has 2 rings (SSSR count). The van der Waals surface area contributed by atoms with Crippen LogP contribution in [0, 0.1) is 20.8 Å². The normalized spacial score (nSPS) is 14.4. The molecule has 0 bridgehead atoms. The minimum atomic E-state index is 0.370. The summed E-state index contributed by atoms with van der Waals surface area (Å²) in [6.45, 7) is 11.1. The van der Waals surface area contributed by atoms with Crippen molar-refractivity contribution in [3.05, 3.63) is 56.8 Å². The third-order valence-electron chi connectivity index (χ3n) is 3.89. The highest BCUT2D eigenvalue weighted by molar-refractivity contribution is 7.07. The van der Waals surface area contributed by atoms with Gasteiger partial charge in [0.15, 0.2) is 0 Å². The molecule has 0 aliphatic carbocycles. The molecule has 0 saturated heterocycles. The Morgan fingerprint density at radius 2 is 1.63 bits per heavy atom. The average Bonchev–Trinajstić information content (AvgIpc) is 2.87. The van der Waals surface area contributed by atoms with Crippen LogP contribution in [-0.4, -0.2) is 0 Å². The van der Waals surface area contributed by atoms with Crippen LogP contribution in [0.2, 0.25) is 0 Å². The third-order valence-corrected chi connectivity index (χ3v) is 4.59. The van der Waals surface area contributed by atoms with E-state index < -0.39 is 0 Å². The van der Waals surface area contributed by atoms with Crippen LogP contribution < -0.4 is 5.32 Å². The highest BCUT2D eigenvalue weighted by Gasteiger charge is 2.14. The van der Waals surface area contributed by atoms with Crippen LogP contribution in [0.3, 0.4) is 0 Å². The molecule has 0 fully saturated rings. The summed E-state index contributed by atoms with van der Waals surface area (Å²) in [5.74, 6) is 0. The van der Waals surface area contributed by atoms with Crippen molar-refractivity contribution in [1.29, 1.82) is 0 Å². The molecule has 1 aromatic heterocycles. The second kappa shape index (κ2) is 5.89. The highest BCUT2D eigenvalue weighted by Crippen LogP contribution is 2.25. The van der Waals surface area contributed by atoms with Crippen LogP contribution in [0.1, 0.15) is 53.7 Å². The molecule has 0 radical (unpaired) electrons. The van der Waals surface area contributed by atoms with Gasteiger partial charge in [-0.3, -0.25) is 0 Å². The Morgan fingerprint density at radius 3 is 2.26 bits per heavy atom. The van der Waals surface area contributed by atoms with Gasteiger partial charge in [-0.1, -0.05) is 12.1 Å². The molecular weight excluding hydrogens is 250 g/mol. The van der Waals surface area contributed by atoms with Crippen molar-refractivity contribution in [3.8, 4) is 0 Å². The molecule has 2 atom stereocenters. The first kappa shape index (κ1) is 14.3. The van der Waals surface area contributed by atoms with E-state index in [1.165, 1.54) is 27.8 Å². The molecular formula is C17H23NS. The van der Waals surface area contributed by atoms with Gasteiger partial charge in [-0.25, -0.2) is 0 Å². The number of rotatable bonds is 4. The predicted octanol–water partition coefficient (Wildman–Crippen LogP) is 5.09. The number of aryl methyl sites for hydroxylation is 3. The second-order valence-electron chi connectivity index (χ2n) is 5.46. The average molecular weight is 273 g/mol. The van der Waals surface area contributed by atoms with E-state index in [4.69, 9.17) is 0 Å². The van der Waals surface area contributed by atoms with E-state index in [0.29, 0.717) is 12.1 Å². The number of thiophene rings is 1. The molecule has 102 valence electrons. The maximum atomic E-state index is 3.69. The Morgan fingerprint density at radius 1 is 0.947 bits per heavy atom. The first-order chi connectivity index (χ1) is 8.99. The zero-order valence-corrected chi connectivity index (χ0v) is 13.3. The van der Waals surface area contributed by atoms with Gasteiger partial charge in [-0.15, -0.1) is 0 Å². The van der Waals surface area contributed by atoms with Crippen LogP contribution in [0.15, 0.2) is 29.0 Å². The Kier molecular flexibility index (Phi) is 4.43. The summed E-state index contributed by atoms with van der Waals surface area (Å²) in [4.78, 5) is 0. The molecule has 19 heavy (non-hydrogen) atoms. The van der Waals surface area contributed by atoms with Gasteiger partial charge in [-0.05, 0) is 79.3 Å². The Hall–Kier alpha value is -1.12. The second-order valence-corrected chi connectivity index (χ2v) is 6.24. The Balaban J connectivity index is 2.16. The van der Waals surface area contributed by atoms with Crippen LogP contribution in [0.25, 0.3) is 0 Å². The standard InChI is InChI=1S/C17H23NS/c1-11-8-13(3)17(9-12(11)2)15(5)18-14(4)16-6-7-19-10-16/h6-10,14-15,18H,1-5H3. The Bertz CT molecular complexity index is 543. The molecule has 2 unspecified atom stereocenters. The molecule has 1 aromatic carbocycles. The van der Waals surface area contributed by atoms with E-state index in [1.807, 2.05) is 0 Å². The highest BCUT2D eigenvalue weighted by atomic mass is 32.1. The minimum Gasteiger partial charge on any atom is -0.304 e. The van der Waals surface area contributed by atoms with Gasteiger partial charge in [-0.2, -0.15) is 11.3 Å². The van der Waals surface area contributed by atoms with Gasteiger partial charge in [0, 0.05) is 12.1 Å². The fourth-order valence-corrected chi connectivity index (χ4v) is 3.29. The summed E-state index contributed by atoms with van der Waals surface area (Å²) in [6.07, 6.45) is 0. The molecule has 2 heteroatoms. The molecule has 0 spiro atoms. The zero-order chi connectivity index (χ0) is 14.0. The monoisotopic (exact) mass is 273 g/mol. The topological polar surface area (TPSA) is 12.0 Å².